The van der Waals surface area contributed by atoms with Gasteiger partial charge in [0.1, 0.15) is 0 Å². The standard InChI is InChI=1S/C20H33NO2/c1-12-11-20(3)14-7-9-19(2)8-5-6-13(19)17(14)15(22)10-16(20)21(4)18(12)23/h12-17,22H,5-11H2,1-4H3/t12-,13+,14+,15+,16-,17+,19+,20-/m1/s1. The summed E-state index contributed by atoms with van der Waals surface area (Å²) in [6, 6.07) is 0.230. The van der Waals surface area contributed by atoms with E-state index in [-0.39, 0.29) is 29.4 Å². The topological polar surface area (TPSA) is 40.5 Å². The number of carbonyl (C=O) groups excluding carboxylic acids is 1. The summed E-state index contributed by atoms with van der Waals surface area (Å²) in [5, 5.41) is 11.1. The van der Waals surface area contributed by atoms with E-state index in [1.54, 1.807) is 0 Å². The zero-order chi connectivity index (χ0) is 16.6. The van der Waals surface area contributed by atoms with Gasteiger partial charge in [0.25, 0.3) is 0 Å². The van der Waals surface area contributed by atoms with Crippen molar-refractivity contribution < 1.29 is 9.90 Å². The fourth-order valence-electron chi connectivity index (χ4n) is 7.53. The number of likely N-dealkylation sites (tertiary alicyclic amines) is 1. The maximum Gasteiger partial charge on any atom is 0.225 e. The first kappa shape index (κ1) is 15.9. The molecule has 4 fully saturated rings. The molecule has 0 spiro atoms. The minimum absolute atomic E-state index is 0.133. The third-order valence-corrected chi connectivity index (χ3v) is 8.61. The van der Waals surface area contributed by atoms with Gasteiger partial charge in [-0.15, -0.1) is 0 Å². The van der Waals surface area contributed by atoms with E-state index in [1.165, 1.54) is 32.1 Å². The molecule has 1 aliphatic heterocycles. The average molecular weight is 319 g/mol. The number of aliphatic hydroxyl groups excluding tert-OH is 1. The van der Waals surface area contributed by atoms with Crippen LogP contribution >= 0.6 is 0 Å². The van der Waals surface area contributed by atoms with E-state index in [0.29, 0.717) is 23.2 Å². The van der Waals surface area contributed by atoms with Crippen LogP contribution in [0.3, 0.4) is 0 Å². The third kappa shape index (κ3) is 2.01. The van der Waals surface area contributed by atoms with Gasteiger partial charge in [0.2, 0.25) is 5.91 Å². The van der Waals surface area contributed by atoms with E-state index >= 15 is 0 Å². The van der Waals surface area contributed by atoms with Gasteiger partial charge in [0, 0.05) is 19.0 Å². The van der Waals surface area contributed by atoms with Gasteiger partial charge in [-0.25, -0.2) is 0 Å². The monoisotopic (exact) mass is 319 g/mol. The van der Waals surface area contributed by atoms with Gasteiger partial charge in [-0.3, -0.25) is 4.79 Å². The molecule has 1 heterocycles. The SMILES string of the molecule is C[C@@H]1C[C@]2(C)[C@H]3CC[C@]4(C)CCC[C@H]4[C@@H]3[C@@H](O)C[C@H]2N(C)C1=O. The number of hydrogen-bond donors (Lipinski definition) is 1. The van der Waals surface area contributed by atoms with Crippen molar-refractivity contribution in [2.75, 3.05) is 7.05 Å². The summed E-state index contributed by atoms with van der Waals surface area (Å²) in [6.45, 7) is 7.00. The summed E-state index contributed by atoms with van der Waals surface area (Å²) in [7, 11) is 1.97. The molecule has 3 heteroatoms. The first-order valence-electron chi connectivity index (χ1n) is 9.73. The molecule has 0 bridgehead atoms. The van der Waals surface area contributed by atoms with Gasteiger partial charge in [0.05, 0.1) is 6.10 Å². The van der Waals surface area contributed by atoms with Gasteiger partial charge in [-0.1, -0.05) is 27.2 Å². The molecule has 1 amide bonds. The van der Waals surface area contributed by atoms with E-state index in [4.69, 9.17) is 0 Å². The Bertz CT molecular complexity index is 520. The van der Waals surface area contributed by atoms with Crippen LogP contribution in [-0.4, -0.2) is 35.1 Å². The first-order valence-corrected chi connectivity index (χ1v) is 9.73. The first-order chi connectivity index (χ1) is 10.8. The van der Waals surface area contributed by atoms with Crippen molar-refractivity contribution in [1.29, 1.82) is 0 Å². The molecule has 1 saturated heterocycles. The van der Waals surface area contributed by atoms with E-state index in [2.05, 4.69) is 20.8 Å². The lowest BCUT2D eigenvalue weighted by atomic mass is 9.46. The van der Waals surface area contributed by atoms with Crippen LogP contribution in [0.15, 0.2) is 0 Å². The maximum absolute atomic E-state index is 12.5. The molecule has 3 nitrogen and oxygen atoms in total. The molecule has 4 aliphatic rings. The van der Waals surface area contributed by atoms with Crippen molar-refractivity contribution in [3.05, 3.63) is 0 Å². The van der Waals surface area contributed by atoms with E-state index in [1.807, 2.05) is 11.9 Å². The lowest BCUT2D eigenvalue weighted by Crippen LogP contribution is -2.66. The average Bonchev–Trinajstić information content (AvgIpc) is 2.89. The fraction of sp³-hybridized carbons (Fsp3) is 0.950. The lowest BCUT2D eigenvalue weighted by molar-refractivity contribution is -0.184. The highest BCUT2D eigenvalue weighted by atomic mass is 16.3. The van der Waals surface area contributed by atoms with Crippen LogP contribution in [-0.2, 0) is 4.79 Å². The Morgan fingerprint density at radius 2 is 1.91 bits per heavy atom. The van der Waals surface area contributed by atoms with Crippen LogP contribution in [0, 0.1) is 34.5 Å². The normalized spacial score (nSPS) is 56.0. The Morgan fingerprint density at radius 1 is 1.17 bits per heavy atom. The van der Waals surface area contributed by atoms with Gasteiger partial charge >= 0.3 is 0 Å². The molecular formula is C20H33NO2. The zero-order valence-corrected chi connectivity index (χ0v) is 15.2. The largest absolute Gasteiger partial charge is 0.393 e. The molecular weight excluding hydrogens is 286 g/mol. The van der Waals surface area contributed by atoms with Gasteiger partial charge in [-0.2, -0.15) is 0 Å². The van der Waals surface area contributed by atoms with Crippen molar-refractivity contribution in [2.24, 2.45) is 34.5 Å². The molecule has 0 unspecified atom stereocenters. The molecule has 3 saturated carbocycles. The summed E-state index contributed by atoms with van der Waals surface area (Å²) < 4.78 is 0. The molecule has 0 radical (unpaired) electrons. The Labute approximate surface area is 140 Å². The minimum atomic E-state index is -0.218. The molecule has 4 rings (SSSR count). The second-order valence-electron chi connectivity index (χ2n) is 9.75. The van der Waals surface area contributed by atoms with E-state index in [0.717, 1.165) is 12.8 Å². The number of piperidine rings is 1. The van der Waals surface area contributed by atoms with Crippen LogP contribution < -0.4 is 0 Å². The highest BCUT2D eigenvalue weighted by Crippen LogP contribution is 2.64. The van der Waals surface area contributed by atoms with Crippen molar-refractivity contribution in [2.45, 2.75) is 77.9 Å². The van der Waals surface area contributed by atoms with Crippen molar-refractivity contribution in [3.8, 4) is 0 Å². The van der Waals surface area contributed by atoms with Crippen molar-refractivity contribution in [3.63, 3.8) is 0 Å². The number of carbonyl (C=O) groups is 1. The number of rotatable bonds is 0. The zero-order valence-electron chi connectivity index (χ0n) is 15.2. The molecule has 1 N–H and O–H groups in total. The molecule has 130 valence electrons. The van der Waals surface area contributed by atoms with Crippen LogP contribution in [0.25, 0.3) is 0 Å². The second kappa shape index (κ2) is 4.97. The number of aliphatic hydroxyl groups is 1. The summed E-state index contributed by atoms with van der Waals surface area (Å²) >= 11 is 0. The fourth-order valence-corrected chi connectivity index (χ4v) is 7.53. The summed E-state index contributed by atoms with van der Waals surface area (Å²) in [4.78, 5) is 14.4. The Morgan fingerprint density at radius 3 is 2.65 bits per heavy atom. The predicted octanol–water partition coefficient (Wildman–Crippen LogP) is 3.46. The molecule has 8 atom stereocenters. The third-order valence-electron chi connectivity index (χ3n) is 8.61. The molecule has 0 aromatic carbocycles. The Kier molecular flexibility index (Phi) is 3.44. The molecule has 0 aromatic heterocycles. The van der Waals surface area contributed by atoms with Crippen molar-refractivity contribution >= 4 is 5.91 Å². The summed E-state index contributed by atoms with van der Waals surface area (Å²) in [6.07, 6.45) is 8.15. The minimum Gasteiger partial charge on any atom is -0.393 e. The van der Waals surface area contributed by atoms with Gasteiger partial charge < -0.3 is 10.0 Å². The van der Waals surface area contributed by atoms with Crippen LogP contribution in [0.5, 0.6) is 0 Å². The number of nitrogens with zero attached hydrogens (tertiary/aromatic N) is 1. The van der Waals surface area contributed by atoms with Crippen LogP contribution in [0.4, 0.5) is 0 Å². The number of amides is 1. The van der Waals surface area contributed by atoms with E-state index < -0.39 is 0 Å². The second-order valence-corrected chi connectivity index (χ2v) is 9.75. The van der Waals surface area contributed by atoms with Crippen molar-refractivity contribution in [1.82, 2.24) is 4.90 Å². The molecule has 23 heavy (non-hydrogen) atoms. The van der Waals surface area contributed by atoms with Gasteiger partial charge in [0.15, 0.2) is 0 Å². The quantitative estimate of drug-likeness (QED) is 0.743. The Balaban J connectivity index is 1.72. The number of fused-ring (bicyclic) bond motifs is 5. The van der Waals surface area contributed by atoms with Crippen LogP contribution in [0.2, 0.25) is 0 Å². The smallest absolute Gasteiger partial charge is 0.225 e. The maximum atomic E-state index is 12.5. The number of hydrogen-bond acceptors (Lipinski definition) is 2. The highest BCUT2D eigenvalue weighted by molar-refractivity contribution is 5.79. The predicted molar refractivity (Wildman–Crippen MR) is 90.7 cm³/mol. The Hall–Kier alpha value is -0.570. The molecule has 3 aliphatic carbocycles. The highest BCUT2D eigenvalue weighted by Gasteiger charge is 2.62. The molecule has 0 aromatic rings. The van der Waals surface area contributed by atoms with Gasteiger partial charge in [-0.05, 0) is 67.1 Å². The van der Waals surface area contributed by atoms with E-state index in [9.17, 15) is 9.90 Å². The lowest BCUT2D eigenvalue weighted by Gasteiger charge is -2.63. The summed E-state index contributed by atoms with van der Waals surface area (Å²) in [5.74, 6) is 2.16. The van der Waals surface area contributed by atoms with Crippen LogP contribution in [0.1, 0.15) is 65.7 Å². The summed E-state index contributed by atoms with van der Waals surface area (Å²) in [5.41, 5.74) is 0.656.